The molecule has 0 radical (unpaired) electrons. The van der Waals surface area contributed by atoms with Crippen LogP contribution in [0, 0.1) is 0 Å². The van der Waals surface area contributed by atoms with E-state index in [1.807, 2.05) is 54.7 Å². The predicted octanol–water partition coefficient (Wildman–Crippen LogP) is 2.71. The Morgan fingerprint density at radius 3 is 2.32 bits per heavy atom. The zero-order valence-corrected chi connectivity index (χ0v) is 15.5. The molecule has 1 aromatic heterocycles. The van der Waals surface area contributed by atoms with Gasteiger partial charge in [-0.1, -0.05) is 36.4 Å². The molecule has 3 rings (SSSR count). The van der Waals surface area contributed by atoms with Gasteiger partial charge in [-0.3, -0.25) is 4.79 Å². The summed E-state index contributed by atoms with van der Waals surface area (Å²) in [5.41, 5.74) is 6.89. The maximum atomic E-state index is 12.3. The zero-order chi connectivity index (χ0) is 16.1. The van der Waals surface area contributed by atoms with Gasteiger partial charge in [0.05, 0.1) is 0 Å². The van der Waals surface area contributed by atoms with Gasteiger partial charge in [-0.05, 0) is 30.5 Å². The Bertz CT molecular complexity index is 634. The lowest BCUT2D eigenvalue weighted by Gasteiger charge is -2.33. The highest BCUT2D eigenvalue weighted by molar-refractivity contribution is 5.85. The maximum absolute atomic E-state index is 12.3. The number of amides is 1. The van der Waals surface area contributed by atoms with E-state index in [2.05, 4.69) is 15.2 Å². The van der Waals surface area contributed by atoms with Crippen LogP contribution in [-0.2, 0) is 4.79 Å². The van der Waals surface area contributed by atoms with Crippen LogP contribution in [0.25, 0.3) is 0 Å². The topological polar surface area (TPSA) is 71.2 Å². The molecule has 1 saturated heterocycles. The third-order valence-electron chi connectivity index (χ3n) is 4.26. The Balaban J connectivity index is 0.00000156. The first-order valence-corrected chi connectivity index (χ1v) is 8.01. The summed E-state index contributed by atoms with van der Waals surface area (Å²) in [6.45, 7) is 1.78. The minimum Gasteiger partial charge on any atom is -0.356 e. The van der Waals surface area contributed by atoms with E-state index in [1.54, 1.807) is 0 Å². The molecule has 2 heterocycles. The van der Waals surface area contributed by atoms with E-state index in [-0.39, 0.29) is 36.8 Å². The van der Waals surface area contributed by atoms with Gasteiger partial charge in [0.2, 0.25) is 5.91 Å². The summed E-state index contributed by atoms with van der Waals surface area (Å²) < 4.78 is 0. The summed E-state index contributed by atoms with van der Waals surface area (Å²) in [7, 11) is 0. The van der Waals surface area contributed by atoms with Crippen molar-refractivity contribution in [3.05, 3.63) is 60.3 Å². The standard InChI is InChI=1S/C18H22N4O.2ClH/c19-17(14-6-2-1-3-7-14)18(23)21-15-9-12-22(13-10-15)16-8-4-5-11-20-16;;/h1-8,11,15,17H,9-10,12-13,19H2,(H,21,23);2*1H. The molecule has 7 heteroatoms. The van der Waals surface area contributed by atoms with Crippen LogP contribution in [0.3, 0.4) is 0 Å². The number of nitrogens with one attached hydrogen (secondary N) is 1. The Kier molecular flexibility index (Phi) is 8.69. The largest absolute Gasteiger partial charge is 0.356 e. The molecule has 1 aliphatic heterocycles. The maximum Gasteiger partial charge on any atom is 0.241 e. The van der Waals surface area contributed by atoms with Crippen LogP contribution in [0.4, 0.5) is 5.82 Å². The highest BCUT2D eigenvalue weighted by Gasteiger charge is 2.24. The molecule has 1 aromatic carbocycles. The fourth-order valence-corrected chi connectivity index (χ4v) is 2.90. The van der Waals surface area contributed by atoms with Crippen molar-refractivity contribution in [3.8, 4) is 0 Å². The van der Waals surface area contributed by atoms with Crippen molar-refractivity contribution in [1.82, 2.24) is 10.3 Å². The van der Waals surface area contributed by atoms with Gasteiger partial charge in [0.25, 0.3) is 0 Å². The molecule has 5 nitrogen and oxygen atoms in total. The molecule has 1 aliphatic rings. The van der Waals surface area contributed by atoms with E-state index in [4.69, 9.17) is 5.73 Å². The van der Waals surface area contributed by atoms with Crippen molar-refractivity contribution in [2.24, 2.45) is 5.73 Å². The van der Waals surface area contributed by atoms with E-state index in [0.29, 0.717) is 0 Å². The van der Waals surface area contributed by atoms with Crippen LogP contribution in [0.1, 0.15) is 24.4 Å². The molecule has 1 atom stereocenters. The van der Waals surface area contributed by atoms with Crippen molar-refractivity contribution >= 4 is 36.5 Å². The Morgan fingerprint density at radius 2 is 1.72 bits per heavy atom. The molecule has 0 saturated carbocycles. The molecule has 0 bridgehead atoms. The van der Waals surface area contributed by atoms with Crippen LogP contribution in [0.2, 0.25) is 0 Å². The smallest absolute Gasteiger partial charge is 0.241 e. The molecule has 1 unspecified atom stereocenters. The number of pyridine rings is 1. The lowest BCUT2D eigenvalue weighted by Crippen LogP contribution is -2.47. The SMILES string of the molecule is Cl.Cl.NC(C(=O)NC1CCN(c2ccccn2)CC1)c1ccccc1. The van der Waals surface area contributed by atoms with Gasteiger partial charge in [0.1, 0.15) is 11.9 Å². The Morgan fingerprint density at radius 1 is 1.08 bits per heavy atom. The summed E-state index contributed by atoms with van der Waals surface area (Å²) in [4.78, 5) is 18.9. The van der Waals surface area contributed by atoms with Gasteiger partial charge in [0.15, 0.2) is 0 Å². The summed E-state index contributed by atoms with van der Waals surface area (Å²) in [6.07, 6.45) is 3.62. The van der Waals surface area contributed by atoms with Crippen molar-refractivity contribution in [2.45, 2.75) is 24.9 Å². The number of rotatable bonds is 4. The summed E-state index contributed by atoms with van der Waals surface area (Å²) in [5.74, 6) is 0.894. The Labute approximate surface area is 160 Å². The molecule has 0 aliphatic carbocycles. The van der Waals surface area contributed by atoms with Crippen LogP contribution in [0.5, 0.6) is 0 Å². The molecule has 136 valence electrons. The molecule has 3 N–H and O–H groups in total. The molecular weight excluding hydrogens is 359 g/mol. The number of hydrogen-bond donors (Lipinski definition) is 2. The number of carbonyl (C=O) groups excluding carboxylic acids is 1. The van der Waals surface area contributed by atoms with Crippen molar-refractivity contribution in [2.75, 3.05) is 18.0 Å². The van der Waals surface area contributed by atoms with Crippen LogP contribution in [-0.4, -0.2) is 30.0 Å². The first-order valence-electron chi connectivity index (χ1n) is 8.01. The van der Waals surface area contributed by atoms with E-state index >= 15 is 0 Å². The number of carbonyl (C=O) groups is 1. The van der Waals surface area contributed by atoms with Gasteiger partial charge < -0.3 is 16.0 Å². The number of benzene rings is 1. The van der Waals surface area contributed by atoms with E-state index in [0.717, 1.165) is 37.3 Å². The van der Waals surface area contributed by atoms with Crippen molar-refractivity contribution < 1.29 is 4.79 Å². The second-order valence-electron chi connectivity index (χ2n) is 5.85. The molecule has 1 fully saturated rings. The fourth-order valence-electron chi connectivity index (χ4n) is 2.90. The minimum absolute atomic E-state index is 0. The van der Waals surface area contributed by atoms with Gasteiger partial charge in [0, 0.05) is 25.3 Å². The third kappa shape index (κ3) is 5.59. The number of nitrogens with two attached hydrogens (primary N) is 1. The summed E-state index contributed by atoms with van der Waals surface area (Å²) in [5, 5.41) is 3.08. The van der Waals surface area contributed by atoms with Gasteiger partial charge in [-0.15, -0.1) is 24.8 Å². The highest BCUT2D eigenvalue weighted by Crippen LogP contribution is 2.18. The number of anilines is 1. The number of halogens is 2. The van der Waals surface area contributed by atoms with Crippen molar-refractivity contribution in [3.63, 3.8) is 0 Å². The van der Waals surface area contributed by atoms with Crippen LogP contribution < -0.4 is 16.0 Å². The lowest BCUT2D eigenvalue weighted by molar-refractivity contribution is -0.123. The normalized spacial score (nSPS) is 15.5. The first kappa shape index (κ1) is 21.2. The molecule has 0 spiro atoms. The van der Waals surface area contributed by atoms with Crippen LogP contribution >= 0.6 is 24.8 Å². The van der Waals surface area contributed by atoms with E-state index in [9.17, 15) is 4.79 Å². The average Bonchev–Trinajstić information content (AvgIpc) is 2.63. The first-order chi connectivity index (χ1) is 11.2. The quantitative estimate of drug-likeness (QED) is 0.852. The average molecular weight is 383 g/mol. The molecule has 25 heavy (non-hydrogen) atoms. The van der Waals surface area contributed by atoms with Gasteiger partial charge in [-0.25, -0.2) is 4.98 Å². The fraction of sp³-hybridized carbons (Fsp3) is 0.333. The van der Waals surface area contributed by atoms with E-state index in [1.165, 1.54) is 0 Å². The molecule has 2 aromatic rings. The second kappa shape index (κ2) is 10.2. The van der Waals surface area contributed by atoms with Gasteiger partial charge >= 0.3 is 0 Å². The lowest BCUT2D eigenvalue weighted by atomic mass is 10.0. The number of hydrogen-bond acceptors (Lipinski definition) is 4. The zero-order valence-electron chi connectivity index (χ0n) is 13.9. The van der Waals surface area contributed by atoms with Crippen LogP contribution in [0.15, 0.2) is 54.7 Å². The Hall–Kier alpha value is -1.82. The highest BCUT2D eigenvalue weighted by atomic mass is 35.5. The number of piperidine rings is 1. The van der Waals surface area contributed by atoms with Gasteiger partial charge in [-0.2, -0.15) is 0 Å². The molecule has 1 amide bonds. The third-order valence-corrected chi connectivity index (χ3v) is 4.26. The van der Waals surface area contributed by atoms with E-state index < -0.39 is 6.04 Å². The summed E-state index contributed by atoms with van der Waals surface area (Å²) in [6, 6.07) is 15.0. The van der Waals surface area contributed by atoms with Crippen molar-refractivity contribution in [1.29, 1.82) is 0 Å². The summed E-state index contributed by atoms with van der Waals surface area (Å²) >= 11 is 0. The second-order valence-corrected chi connectivity index (χ2v) is 5.85. The number of nitrogens with zero attached hydrogens (tertiary/aromatic N) is 2. The minimum atomic E-state index is -0.606. The number of aromatic nitrogens is 1. The monoisotopic (exact) mass is 382 g/mol. The molecular formula is C18H24Cl2N4O. The predicted molar refractivity (Wildman–Crippen MR) is 105 cm³/mol.